The van der Waals surface area contributed by atoms with Crippen LogP contribution in [-0.4, -0.2) is 33.6 Å². The molecule has 18 heteroatoms. The van der Waals surface area contributed by atoms with Crippen molar-refractivity contribution in [1.29, 1.82) is 0 Å². The van der Waals surface area contributed by atoms with E-state index in [1.165, 1.54) is 19.2 Å². The summed E-state index contributed by atoms with van der Waals surface area (Å²) in [6.07, 6.45) is -7.33. The van der Waals surface area contributed by atoms with Crippen LogP contribution in [0.3, 0.4) is 0 Å². The van der Waals surface area contributed by atoms with Crippen LogP contribution in [0.25, 0.3) is 0 Å². The zero-order chi connectivity index (χ0) is 38.1. The Labute approximate surface area is 343 Å². The van der Waals surface area contributed by atoms with E-state index in [0.717, 1.165) is 36.7 Å². The second kappa shape index (κ2) is 23.3. The summed E-state index contributed by atoms with van der Waals surface area (Å²) in [5.41, 5.74) is -0.899. The quantitative estimate of drug-likeness (QED) is 0.0611. The number of rotatable bonds is 8. The van der Waals surface area contributed by atoms with Gasteiger partial charge in [0.25, 0.3) is 0 Å². The van der Waals surface area contributed by atoms with Gasteiger partial charge in [-0.3, -0.25) is 9.59 Å². The predicted octanol–water partition coefficient (Wildman–Crippen LogP) is 10.9. The minimum Gasteiger partial charge on any atom is -0.481 e. The number of benzene rings is 2. The van der Waals surface area contributed by atoms with Crippen LogP contribution in [0.1, 0.15) is 36.1 Å². The van der Waals surface area contributed by atoms with Crippen LogP contribution in [-0.2, 0) is 58.1 Å². The summed E-state index contributed by atoms with van der Waals surface area (Å²) in [4.78, 5) is 29.5. The van der Waals surface area contributed by atoms with Crippen molar-refractivity contribution < 1.29 is 73.8 Å². The third kappa shape index (κ3) is 20.5. The molecule has 277 valence electrons. The molecule has 0 fully saturated rings. The van der Waals surface area contributed by atoms with E-state index in [0.29, 0.717) is 10.6 Å². The molecule has 0 atom stereocenters. The number of aromatic nitrogens is 2. The average Bonchev–Trinajstić information content (AvgIpc) is 3.03. The van der Waals surface area contributed by atoms with Gasteiger partial charge in [0.2, 0.25) is 11.8 Å². The maximum atomic E-state index is 12.7. The van der Waals surface area contributed by atoms with E-state index in [-0.39, 0.29) is 54.7 Å². The molecule has 8 nitrogen and oxygen atoms in total. The molecule has 0 unspecified atom stereocenters. The van der Waals surface area contributed by atoms with Gasteiger partial charge in [0.05, 0.1) is 31.1 Å². The summed E-state index contributed by atoms with van der Waals surface area (Å²) in [6, 6.07) is 15.9. The number of nitrogens with zero attached hydrogens (tertiary/aromatic N) is 2. The Morgan fingerprint density at radius 3 is 1.41 bits per heavy atom. The maximum absolute atomic E-state index is 12.7. The second-order valence-corrected chi connectivity index (χ2v) is 22.0. The molecule has 1 radical (unpaired) electrons. The topological polar surface area (TPSA) is 108 Å². The van der Waals surface area contributed by atoms with Crippen molar-refractivity contribution in [1.82, 2.24) is 9.97 Å². The van der Waals surface area contributed by atoms with Crippen LogP contribution in [0.15, 0.2) is 85.2 Å². The zero-order valence-corrected chi connectivity index (χ0v) is 34.8. The molecule has 4 aromatic rings. The molecule has 51 heavy (non-hydrogen) atoms. The molecule has 2 aromatic carbocycles. The minimum absolute atomic E-state index is 0. The smallest absolute Gasteiger partial charge is 0.416 e. The SMILES string of the molecule is CC(I)(I)I.COC(=O)Cc1ccccc1Oc1cc(C(F)(F)F)ccn1.O=C(O)Cc1ccccc1Oc1cc(C(F)(F)F)ccn1.[CH2-]C.[V]. The zero-order valence-electron chi connectivity index (χ0n) is 26.9. The Bertz CT molecular complexity index is 1670. The van der Waals surface area contributed by atoms with Gasteiger partial charge in [-0.2, -0.15) is 33.3 Å². The molecule has 0 aliphatic heterocycles. The van der Waals surface area contributed by atoms with Crippen molar-refractivity contribution in [2.45, 2.75) is 38.5 Å². The standard InChI is InChI=1S/C15H12F3NO3.C14H10F3NO3.C2H3I3.C2H5.V/c1-21-14(20)8-10-4-2-3-5-12(10)22-13-9-11(6-7-19-13)15(16,17)18;15-14(16,17)10-5-6-18-12(8-10)21-11-4-2-1-3-9(11)7-13(19)20;1-2(3,4)5;1-2;/h2-7,9H,8H2,1H3;1-6,8H,7H2,(H,19,20);1H3;1H2,2H3;/q;;;-1;. The van der Waals surface area contributed by atoms with E-state index >= 15 is 0 Å². The molecule has 0 spiro atoms. The number of methoxy groups -OCH3 is 1. The maximum Gasteiger partial charge on any atom is 0.416 e. The van der Waals surface area contributed by atoms with Gasteiger partial charge in [-0.1, -0.05) is 104 Å². The Morgan fingerprint density at radius 2 is 1.08 bits per heavy atom. The fraction of sp³-hybridized carbons (Fsp3) is 0.242. The van der Waals surface area contributed by atoms with Gasteiger partial charge in [-0.15, -0.1) is 0 Å². The Hall–Kier alpha value is -2.37. The summed E-state index contributed by atoms with van der Waals surface area (Å²) in [7, 11) is 1.25. The van der Waals surface area contributed by atoms with Crippen molar-refractivity contribution in [3.8, 4) is 23.3 Å². The number of carbonyl (C=O) groups excluding carboxylic acids is 1. The van der Waals surface area contributed by atoms with E-state index < -0.39 is 35.4 Å². The number of esters is 1. The van der Waals surface area contributed by atoms with Crippen molar-refractivity contribution in [3.05, 3.63) is 114 Å². The largest absolute Gasteiger partial charge is 0.481 e. The first-order valence-electron chi connectivity index (χ1n) is 13.9. The normalized spacial score (nSPS) is 10.7. The average molecular weight is 1100 g/mol. The number of halogens is 9. The van der Waals surface area contributed by atoms with E-state index in [9.17, 15) is 35.9 Å². The Balaban J connectivity index is 0.000000817. The number of carboxylic acid groups (broad SMARTS) is 1. The van der Waals surface area contributed by atoms with Crippen LogP contribution in [0, 0.1) is 6.92 Å². The van der Waals surface area contributed by atoms with Crippen molar-refractivity contribution in [2.75, 3.05) is 7.11 Å². The fourth-order valence-electron chi connectivity index (χ4n) is 3.40. The van der Waals surface area contributed by atoms with Crippen molar-refractivity contribution in [2.24, 2.45) is 0 Å². The van der Waals surface area contributed by atoms with Gasteiger partial charge in [0, 0.05) is 54.2 Å². The van der Waals surface area contributed by atoms with Crippen LogP contribution >= 0.6 is 67.8 Å². The van der Waals surface area contributed by atoms with Gasteiger partial charge in [0.1, 0.15) is 10.9 Å². The molecular formula is C33H30F6I3N2O6V-. The van der Waals surface area contributed by atoms with E-state index in [1.807, 2.05) is 0 Å². The van der Waals surface area contributed by atoms with Gasteiger partial charge < -0.3 is 26.2 Å². The first kappa shape index (κ1) is 48.6. The molecule has 0 aliphatic rings. The van der Waals surface area contributed by atoms with Crippen molar-refractivity contribution >= 4 is 79.7 Å². The third-order valence-corrected chi connectivity index (χ3v) is 5.40. The molecule has 0 bridgehead atoms. The summed E-state index contributed by atoms with van der Waals surface area (Å²) in [5, 5.41) is 8.79. The summed E-state index contributed by atoms with van der Waals surface area (Å²) in [5.74, 6) is -1.59. The number of alkyl halides is 9. The molecule has 2 heterocycles. The monoisotopic (exact) mass is 1100 g/mol. The number of aliphatic carboxylic acids is 1. The number of hydrogen-bond acceptors (Lipinski definition) is 7. The number of pyridine rings is 2. The van der Waals surface area contributed by atoms with Gasteiger partial charge in [0.15, 0.2) is 0 Å². The summed E-state index contributed by atoms with van der Waals surface area (Å²) in [6.45, 7) is 7.15. The molecule has 0 aliphatic carbocycles. The molecular weight excluding hydrogens is 1070 g/mol. The number of ether oxygens (including phenoxy) is 3. The van der Waals surface area contributed by atoms with Crippen molar-refractivity contribution in [3.63, 3.8) is 0 Å². The second-order valence-electron chi connectivity index (χ2n) is 9.29. The number of carboxylic acids is 1. The van der Waals surface area contributed by atoms with Crippen LogP contribution < -0.4 is 9.47 Å². The molecule has 1 N–H and O–H groups in total. The fourth-order valence-corrected chi connectivity index (χ4v) is 3.40. The van der Waals surface area contributed by atoms with E-state index in [1.54, 1.807) is 43.3 Å². The number of carbonyl (C=O) groups is 2. The summed E-state index contributed by atoms with van der Waals surface area (Å²) < 4.78 is 91.4. The van der Waals surface area contributed by atoms with Gasteiger partial charge in [-0.25, -0.2) is 9.97 Å². The number of hydrogen-bond donors (Lipinski definition) is 1. The van der Waals surface area contributed by atoms with Crippen LogP contribution in [0.5, 0.6) is 23.3 Å². The third-order valence-electron chi connectivity index (χ3n) is 5.40. The molecule has 0 saturated carbocycles. The van der Waals surface area contributed by atoms with Gasteiger partial charge >= 0.3 is 24.3 Å². The minimum atomic E-state index is -4.50. The molecule has 4 rings (SSSR count). The Kier molecular flexibility index (Phi) is 22.2. The first-order chi connectivity index (χ1) is 23.3. The first-order valence-corrected chi connectivity index (χ1v) is 17.1. The van der Waals surface area contributed by atoms with Gasteiger partial charge in [-0.05, 0) is 31.2 Å². The summed E-state index contributed by atoms with van der Waals surface area (Å²) >= 11 is 7.05. The molecule has 0 amide bonds. The number of para-hydroxylation sites is 2. The van der Waals surface area contributed by atoms with E-state index in [2.05, 4.69) is 96.3 Å². The molecule has 2 aromatic heterocycles. The molecule has 0 saturated heterocycles. The van der Waals surface area contributed by atoms with Crippen LogP contribution in [0.4, 0.5) is 26.3 Å². The Morgan fingerprint density at radius 1 is 0.725 bits per heavy atom. The predicted molar refractivity (Wildman–Crippen MR) is 200 cm³/mol. The van der Waals surface area contributed by atoms with Crippen LogP contribution in [0.2, 0.25) is 0 Å². The van der Waals surface area contributed by atoms with E-state index in [4.69, 9.17) is 14.6 Å².